The molecule has 0 radical (unpaired) electrons. The molecule has 2 heteroatoms. The van der Waals surface area contributed by atoms with E-state index in [0.717, 1.165) is 19.3 Å². The molecule has 2 nitrogen and oxygen atoms in total. The number of rotatable bonds is 9. The molecule has 1 aromatic carbocycles. The Morgan fingerprint density at radius 2 is 1.74 bits per heavy atom. The van der Waals surface area contributed by atoms with Gasteiger partial charge >= 0.3 is 5.97 Å². The molecule has 0 fully saturated rings. The van der Waals surface area contributed by atoms with Crippen LogP contribution in [0.25, 0.3) is 0 Å². The lowest BCUT2D eigenvalue weighted by Crippen LogP contribution is -2.17. The van der Waals surface area contributed by atoms with Crippen LogP contribution < -0.4 is 0 Å². The van der Waals surface area contributed by atoms with Crippen LogP contribution in [0.3, 0.4) is 0 Å². The molecule has 0 N–H and O–H groups in total. The van der Waals surface area contributed by atoms with Gasteiger partial charge in [0.2, 0.25) is 0 Å². The number of hydrogen-bond acceptors (Lipinski definition) is 2. The number of benzene rings is 1. The molecule has 0 aliphatic heterocycles. The molecule has 1 rings (SSSR count). The van der Waals surface area contributed by atoms with Crippen LogP contribution in [0.5, 0.6) is 0 Å². The maximum Gasteiger partial charge on any atom is 0.338 e. The summed E-state index contributed by atoms with van der Waals surface area (Å²) in [5, 5.41) is 0. The summed E-state index contributed by atoms with van der Waals surface area (Å²) in [6.45, 7) is 4.30. The Hall–Kier alpha value is -1.31. The summed E-state index contributed by atoms with van der Waals surface area (Å²) in [6.07, 6.45) is 8.20. The third-order valence-corrected chi connectivity index (χ3v) is 3.37. The first-order valence-corrected chi connectivity index (χ1v) is 7.54. The number of carbonyl (C=O) groups is 1. The van der Waals surface area contributed by atoms with Gasteiger partial charge in [-0.2, -0.15) is 0 Å². The van der Waals surface area contributed by atoms with Crippen molar-refractivity contribution < 1.29 is 9.53 Å². The van der Waals surface area contributed by atoms with Gasteiger partial charge in [-0.15, -0.1) is 0 Å². The highest BCUT2D eigenvalue weighted by atomic mass is 16.5. The lowest BCUT2D eigenvalue weighted by atomic mass is 10.1. The van der Waals surface area contributed by atoms with Gasteiger partial charge < -0.3 is 4.74 Å². The van der Waals surface area contributed by atoms with Crippen LogP contribution in [-0.2, 0) is 4.74 Å². The van der Waals surface area contributed by atoms with Gasteiger partial charge in [0.15, 0.2) is 0 Å². The minimum Gasteiger partial charge on any atom is -0.459 e. The Morgan fingerprint density at radius 1 is 1.05 bits per heavy atom. The summed E-state index contributed by atoms with van der Waals surface area (Å²) in [5.74, 6) is -0.194. The Labute approximate surface area is 117 Å². The van der Waals surface area contributed by atoms with E-state index in [2.05, 4.69) is 13.8 Å². The van der Waals surface area contributed by atoms with E-state index in [4.69, 9.17) is 4.74 Å². The van der Waals surface area contributed by atoms with Crippen LogP contribution >= 0.6 is 0 Å². The smallest absolute Gasteiger partial charge is 0.338 e. The van der Waals surface area contributed by atoms with E-state index >= 15 is 0 Å². The van der Waals surface area contributed by atoms with E-state index in [1.165, 1.54) is 25.7 Å². The van der Waals surface area contributed by atoms with E-state index in [0.29, 0.717) is 5.56 Å². The fourth-order valence-corrected chi connectivity index (χ4v) is 2.12. The van der Waals surface area contributed by atoms with E-state index < -0.39 is 0 Å². The van der Waals surface area contributed by atoms with Gasteiger partial charge in [-0.3, -0.25) is 0 Å². The van der Waals surface area contributed by atoms with Crippen LogP contribution in [0.4, 0.5) is 0 Å². The second-order valence-electron chi connectivity index (χ2n) is 5.00. The molecule has 0 aliphatic carbocycles. The first-order chi connectivity index (χ1) is 9.27. The standard InChI is InChI=1S/C17H26O2/c1-3-5-6-7-11-14-16(4-2)19-17(18)15-12-9-8-10-13-15/h8-10,12-13,16H,3-7,11,14H2,1-2H3. The second kappa shape index (κ2) is 9.60. The monoisotopic (exact) mass is 262 g/mol. The van der Waals surface area contributed by atoms with Crippen LogP contribution in [0, 0.1) is 0 Å². The maximum absolute atomic E-state index is 11.9. The lowest BCUT2D eigenvalue weighted by Gasteiger charge is -2.16. The summed E-state index contributed by atoms with van der Waals surface area (Å²) < 4.78 is 5.55. The van der Waals surface area contributed by atoms with Gasteiger partial charge in [0, 0.05) is 0 Å². The Balaban J connectivity index is 2.30. The molecule has 0 aliphatic rings. The number of hydrogen-bond donors (Lipinski definition) is 0. The fourth-order valence-electron chi connectivity index (χ4n) is 2.12. The topological polar surface area (TPSA) is 26.3 Å². The zero-order valence-corrected chi connectivity index (χ0v) is 12.2. The average Bonchev–Trinajstić information content (AvgIpc) is 2.46. The molecule has 0 saturated heterocycles. The molecule has 0 spiro atoms. The molecule has 0 aromatic heterocycles. The molecule has 1 unspecified atom stereocenters. The van der Waals surface area contributed by atoms with Gasteiger partial charge in [0.25, 0.3) is 0 Å². The van der Waals surface area contributed by atoms with Crippen LogP contribution in [-0.4, -0.2) is 12.1 Å². The Bertz CT molecular complexity index is 346. The molecular formula is C17H26O2. The van der Waals surface area contributed by atoms with Crippen molar-refractivity contribution in [1.29, 1.82) is 0 Å². The number of unbranched alkanes of at least 4 members (excludes halogenated alkanes) is 4. The summed E-state index contributed by atoms with van der Waals surface area (Å²) in [7, 11) is 0. The van der Waals surface area contributed by atoms with Gasteiger partial charge in [-0.1, -0.05) is 57.7 Å². The van der Waals surface area contributed by atoms with Crippen LogP contribution in [0.1, 0.15) is 69.2 Å². The number of ether oxygens (including phenoxy) is 1. The second-order valence-corrected chi connectivity index (χ2v) is 5.00. The molecule has 0 bridgehead atoms. The fraction of sp³-hybridized carbons (Fsp3) is 0.588. The highest BCUT2D eigenvalue weighted by molar-refractivity contribution is 5.89. The molecular weight excluding hydrogens is 236 g/mol. The SMILES string of the molecule is CCCCCCCC(CC)OC(=O)c1ccccc1. The van der Waals surface area contributed by atoms with Crippen LogP contribution in [0.2, 0.25) is 0 Å². The van der Waals surface area contributed by atoms with Crippen molar-refractivity contribution in [2.75, 3.05) is 0 Å². The Kier molecular flexibility index (Phi) is 7.95. The predicted octanol–water partition coefficient (Wildman–Crippen LogP) is 4.98. The number of carbonyl (C=O) groups excluding carboxylic acids is 1. The summed E-state index contributed by atoms with van der Waals surface area (Å²) in [5.41, 5.74) is 0.645. The zero-order chi connectivity index (χ0) is 13.9. The first kappa shape index (κ1) is 15.7. The average molecular weight is 262 g/mol. The minimum atomic E-state index is -0.194. The normalized spacial score (nSPS) is 12.1. The van der Waals surface area contributed by atoms with E-state index in [1.807, 2.05) is 18.2 Å². The van der Waals surface area contributed by atoms with Gasteiger partial charge in [-0.05, 0) is 31.4 Å². The predicted molar refractivity (Wildman–Crippen MR) is 79.3 cm³/mol. The van der Waals surface area contributed by atoms with Crippen molar-refractivity contribution in [3.05, 3.63) is 35.9 Å². The highest BCUT2D eigenvalue weighted by Crippen LogP contribution is 2.14. The largest absolute Gasteiger partial charge is 0.459 e. The highest BCUT2D eigenvalue weighted by Gasteiger charge is 2.13. The van der Waals surface area contributed by atoms with Gasteiger partial charge in [0.05, 0.1) is 5.56 Å². The van der Waals surface area contributed by atoms with Gasteiger partial charge in [-0.25, -0.2) is 4.79 Å². The lowest BCUT2D eigenvalue weighted by molar-refractivity contribution is 0.0267. The summed E-state index contributed by atoms with van der Waals surface area (Å²) in [6, 6.07) is 9.24. The quantitative estimate of drug-likeness (QED) is 0.463. The van der Waals surface area contributed by atoms with Crippen LogP contribution in [0.15, 0.2) is 30.3 Å². The Morgan fingerprint density at radius 3 is 2.37 bits per heavy atom. The van der Waals surface area contributed by atoms with Crippen molar-refractivity contribution in [3.63, 3.8) is 0 Å². The molecule has 19 heavy (non-hydrogen) atoms. The zero-order valence-electron chi connectivity index (χ0n) is 12.2. The summed E-state index contributed by atoms with van der Waals surface area (Å²) >= 11 is 0. The van der Waals surface area contributed by atoms with Crippen molar-refractivity contribution in [1.82, 2.24) is 0 Å². The molecule has 1 atom stereocenters. The molecule has 0 saturated carbocycles. The van der Waals surface area contributed by atoms with Crippen molar-refractivity contribution in [2.24, 2.45) is 0 Å². The van der Waals surface area contributed by atoms with Crippen molar-refractivity contribution in [2.45, 2.75) is 64.9 Å². The number of esters is 1. The van der Waals surface area contributed by atoms with E-state index in [-0.39, 0.29) is 12.1 Å². The minimum absolute atomic E-state index is 0.0642. The van der Waals surface area contributed by atoms with Crippen molar-refractivity contribution >= 4 is 5.97 Å². The molecule has 0 heterocycles. The first-order valence-electron chi connectivity index (χ1n) is 7.54. The summed E-state index contributed by atoms with van der Waals surface area (Å²) in [4.78, 5) is 11.9. The third-order valence-electron chi connectivity index (χ3n) is 3.37. The van der Waals surface area contributed by atoms with E-state index in [1.54, 1.807) is 12.1 Å². The molecule has 1 aromatic rings. The maximum atomic E-state index is 11.9. The molecule has 106 valence electrons. The van der Waals surface area contributed by atoms with Gasteiger partial charge in [0.1, 0.15) is 6.10 Å². The molecule has 0 amide bonds. The third kappa shape index (κ3) is 6.42. The van der Waals surface area contributed by atoms with Crippen molar-refractivity contribution in [3.8, 4) is 0 Å². The van der Waals surface area contributed by atoms with E-state index in [9.17, 15) is 4.79 Å².